The molecule has 0 saturated carbocycles. The average molecular weight is 328 g/mol. The molecule has 1 aromatic heterocycles. The normalized spacial score (nSPS) is 12.8. The summed E-state index contributed by atoms with van der Waals surface area (Å²) in [5.41, 5.74) is 0.306. The largest absolute Gasteiger partial charge is 0.481 e. The van der Waals surface area contributed by atoms with Crippen LogP contribution in [0.4, 0.5) is 0 Å². The van der Waals surface area contributed by atoms with Gasteiger partial charge in [0.2, 0.25) is 11.8 Å². The summed E-state index contributed by atoms with van der Waals surface area (Å²) in [7, 11) is 2.74. The fourth-order valence-electron chi connectivity index (χ4n) is 2.23. The second-order valence-electron chi connectivity index (χ2n) is 4.74. The molecule has 2 aromatic rings. The van der Waals surface area contributed by atoms with Crippen LogP contribution in [0.15, 0.2) is 36.4 Å². The summed E-state index contributed by atoms with van der Waals surface area (Å²) in [5.74, 6) is -2.16. The molecule has 0 fully saturated rings. The van der Waals surface area contributed by atoms with E-state index in [0.717, 1.165) is 0 Å². The lowest BCUT2D eigenvalue weighted by Gasteiger charge is -2.14. The third-order valence-corrected chi connectivity index (χ3v) is 3.39. The molecule has 8 heteroatoms. The molecular formula is C16H12N2O6. The van der Waals surface area contributed by atoms with Gasteiger partial charge in [0.15, 0.2) is 0 Å². The van der Waals surface area contributed by atoms with Crippen LogP contribution < -0.4 is 9.47 Å². The predicted molar refractivity (Wildman–Crippen MR) is 79.7 cm³/mol. The Hall–Kier alpha value is -3.42. The van der Waals surface area contributed by atoms with Crippen molar-refractivity contribution >= 4 is 17.8 Å². The van der Waals surface area contributed by atoms with Gasteiger partial charge in [-0.15, -0.1) is 0 Å². The summed E-state index contributed by atoms with van der Waals surface area (Å²) in [6.07, 6.45) is 0. The molecule has 1 aromatic carbocycles. The van der Waals surface area contributed by atoms with Gasteiger partial charge in [-0.05, 0) is 18.2 Å². The molecule has 0 unspecified atom stereocenters. The Morgan fingerprint density at radius 2 is 1.58 bits per heavy atom. The van der Waals surface area contributed by atoms with Crippen molar-refractivity contribution in [1.29, 1.82) is 0 Å². The second-order valence-corrected chi connectivity index (χ2v) is 4.74. The van der Waals surface area contributed by atoms with E-state index < -0.39 is 17.8 Å². The molecule has 0 aliphatic carbocycles. The SMILES string of the molecule is COc1ccc(C(=O)ON2C(=O)c3ccccc3C2=O)c(OC)n1. The van der Waals surface area contributed by atoms with E-state index in [-0.39, 0.29) is 28.5 Å². The molecular weight excluding hydrogens is 316 g/mol. The first kappa shape index (κ1) is 15.5. The molecule has 0 N–H and O–H groups in total. The Kier molecular flexibility index (Phi) is 3.87. The van der Waals surface area contributed by atoms with Gasteiger partial charge in [-0.1, -0.05) is 17.2 Å². The number of aromatic nitrogens is 1. The maximum Gasteiger partial charge on any atom is 0.369 e. The number of nitrogens with zero attached hydrogens (tertiary/aromatic N) is 2. The molecule has 8 nitrogen and oxygen atoms in total. The summed E-state index contributed by atoms with van der Waals surface area (Å²) in [4.78, 5) is 45.6. The highest BCUT2D eigenvalue weighted by molar-refractivity contribution is 6.21. The Bertz CT molecular complexity index is 813. The number of ether oxygens (including phenoxy) is 2. The lowest BCUT2D eigenvalue weighted by molar-refractivity contribution is -0.0586. The van der Waals surface area contributed by atoms with Crippen LogP contribution in [0.25, 0.3) is 0 Å². The summed E-state index contributed by atoms with van der Waals surface area (Å²) < 4.78 is 9.95. The number of carbonyl (C=O) groups excluding carboxylic acids is 3. The molecule has 1 aliphatic rings. The first-order valence-electron chi connectivity index (χ1n) is 6.86. The minimum absolute atomic E-state index is 0.0454. The first-order chi connectivity index (χ1) is 11.6. The van der Waals surface area contributed by atoms with Crippen molar-refractivity contribution in [2.24, 2.45) is 0 Å². The summed E-state index contributed by atoms with van der Waals surface area (Å²) in [6.45, 7) is 0. The molecule has 0 spiro atoms. The minimum Gasteiger partial charge on any atom is -0.481 e. The van der Waals surface area contributed by atoms with E-state index in [1.165, 1.54) is 38.5 Å². The molecule has 0 bridgehead atoms. The Labute approximate surface area is 136 Å². The van der Waals surface area contributed by atoms with Gasteiger partial charge in [-0.2, -0.15) is 4.98 Å². The zero-order valence-electron chi connectivity index (χ0n) is 12.8. The molecule has 122 valence electrons. The van der Waals surface area contributed by atoms with Crippen LogP contribution in [0.3, 0.4) is 0 Å². The van der Waals surface area contributed by atoms with E-state index in [2.05, 4.69) is 4.98 Å². The smallest absolute Gasteiger partial charge is 0.369 e. The monoisotopic (exact) mass is 328 g/mol. The van der Waals surface area contributed by atoms with Gasteiger partial charge in [0.25, 0.3) is 11.8 Å². The van der Waals surface area contributed by atoms with Crippen molar-refractivity contribution in [2.75, 3.05) is 14.2 Å². The highest BCUT2D eigenvalue weighted by atomic mass is 16.7. The van der Waals surface area contributed by atoms with Crippen molar-refractivity contribution < 1.29 is 28.7 Å². The second kappa shape index (κ2) is 5.99. The van der Waals surface area contributed by atoms with Gasteiger partial charge in [0, 0.05) is 6.07 Å². The third-order valence-electron chi connectivity index (χ3n) is 3.39. The number of benzene rings is 1. The number of carbonyl (C=O) groups is 3. The Balaban J connectivity index is 1.86. The Morgan fingerprint density at radius 1 is 0.958 bits per heavy atom. The van der Waals surface area contributed by atoms with E-state index in [1.54, 1.807) is 12.1 Å². The molecule has 24 heavy (non-hydrogen) atoms. The number of amides is 2. The number of rotatable bonds is 4. The number of fused-ring (bicyclic) bond motifs is 1. The van der Waals surface area contributed by atoms with Crippen LogP contribution in [-0.4, -0.2) is 42.1 Å². The van der Waals surface area contributed by atoms with Gasteiger partial charge in [0.05, 0.1) is 25.3 Å². The zero-order chi connectivity index (χ0) is 17.3. The predicted octanol–water partition coefficient (Wildman–Crippen LogP) is 1.47. The lowest BCUT2D eigenvalue weighted by Crippen LogP contribution is -2.32. The molecule has 0 saturated heterocycles. The van der Waals surface area contributed by atoms with Crippen LogP contribution in [0, 0.1) is 0 Å². The number of hydrogen-bond donors (Lipinski definition) is 0. The van der Waals surface area contributed by atoms with Gasteiger partial charge < -0.3 is 14.3 Å². The number of methoxy groups -OCH3 is 2. The number of imide groups is 1. The molecule has 2 heterocycles. The molecule has 2 amide bonds. The highest BCUT2D eigenvalue weighted by Crippen LogP contribution is 2.25. The van der Waals surface area contributed by atoms with Gasteiger partial charge >= 0.3 is 5.97 Å². The highest BCUT2D eigenvalue weighted by Gasteiger charge is 2.39. The summed E-state index contributed by atoms with van der Waals surface area (Å²) >= 11 is 0. The molecule has 1 aliphatic heterocycles. The molecule has 0 radical (unpaired) electrons. The Morgan fingerprint density at radius 3 is 2.12 bits per heavy atom. The van der Waals surface area contributed by atoms with Crippen LogP contribution in [0.2, 0.25) is 0 Å². The fraction of sp³-hybridized carbons (Fsp3) is 0.125. The van der Waals surface area contributed by atoms with Crippen molar-refractivity contribution in [3.63, 3.8) is 0 Å². The minimum atomic E-state index is -0.948. The van der Waals surface area contributed by atoms with E-state index in [9.17, 15) is 14.4 Å². The summed E-state index contributed by atoms with van der Waals surface area (Å²) in [6, 6.07) is 9.00. The zero-order valence-corrected chi connectivity index (χ0v) is 12.8. The number of pyridine rings is 1. The van der Waals surface area contributed by atoms with E-state index in [1.807, 2.05) is 0 Å². The maximum absolute atomic E-state index is 12.3. The van der Waals surface area contributed by atoms with Gasteiger partial charge in [0.1, 0.15) is 5.56 Å². The van der Waals surface area contributed by atoms with Crippen LogP contribution in [0.1, 0.15) is 31.1 Å². The van der Waals surface area contributed by atoms with Crippen LogP contribution in [0.5, 0.6) is 11.8 Å². The quantitative estimate of drug-likeness (QED) is 0.784. The fourth-order valence-corrected chi connectivity index (χ4v) is 2.23. The summed E-state index contributed by atoms with van der Waals surface area (Å²) in [5, 5.41) is 0.427. The van der Waals surface area contributed by atoms with Crippen LogP contribution >= 0.6 is 0 Å². The number of hydrogen-bond acceptors (Lipinski definition) is 7. The third kappa shape index (κ3) is 2.43. The molecule has 0 atom stereocenters. The first-order valence-corrected chi connectivity index (χ1v) is 6.86. The standard InChI is InChI=1S/C16H12N2O6/c1-22-12-8-7-11(13(17-12)23-2)16(21)24-18-14(19)9-5-3-4-6-10(9)15(18)20/h3-8H,1-2H3. The van der Waals surface area contributed by atoms with Crippen molar-refractivity contribution in [3.05, 3.63) is 53.1 Å². The van der Waals surface area contributed by atoms with Crippen molar-refractivity contribution in [2.45, 2.75) is 0 Å². The van der Waals surface area contributed by atoms with Gasteiger partial charge in [-0.3, -0.25) is 9.59 Å². The van der Waals surface area contributed by atoms with E-state index in [4.69, 9.17) is 14.3 Å². The maximum atomic E-state index is 12.3. The van der Waals surface area contributed by atoms with E-state index in [0.29, 0.717) is 5.06 Å². The lowest BCUT2D eigenvalue weighted by atomic mass is 10.1. The topological polar surface area (TPSA) is 95.0 Å². The van der Waals surface area contributed by atoms with E-state index >= 15 is 0 Å². The average Bonchev–Trinajstić information content (AvgIpc) is 2.86. The van der Waals surface area contributed by atoms with Crippen molar-refractivity contribution in [3.8, 4) is 11.8 Å². The van der Waals surface area contributed by atoms with Crippen molar-refractivity contribution in [1.82, 2.24) is 10.0 Å². The number of hydroxylamine groups is 2. The van der Waals surface area contributed by atoms with Crippen LogP contribution in [-0.2, 0) is 4.84 Å². The van der Waals surface area contributed by atoms with Gasteiger partial charge in [-0.25, -0.2) is 4.79 Å². The molecule has 3 rings (SSSR count).